The number of hydrogen-bond donors (Lipinski definition) is 0. The smallest absolute Gasteiger partial charge is 0.652 e. The minimum atomic E-state index is -2.33. The van der Waals surface area contributed by atoms with Crippen molar-refractivity contribution in [3.63, 3.8) is 0 Å². The van der Waals surface area contributed by atoms with Crippen LogP contribution in [-0.4, -0.2) is 136 Å². The van der Waals surface area contributed by atoms with E-state index in [2.05, 4.69) is 0 Å². The molecule has 0 N–H and O–H groups in total. The first-order chi connectivity index (χ1) is 5.20. The van der Waals surface area contributed by atoms with E-state index in [0.717, 1.165) is 0 Å². The zero-order valence-electron chi connectivity index (χ0n) is 7.30. The Hall–Kier alpha value is 1.63. The summed E-state index contributed by atoms with van der Waals surface area (Å²) in [6.07, 6.45) is -7.00. The molecule has 0 amide bonds. The molecule has 0 aromatic heterocycles. The van der Waals surface area contributed by atoms with Crippen LogP contribution in [0.4, 0.5) is 14.4 Å². The molecule has 0 rings (SSSR count). The number of carbonyl (C=O) groups is 3. The van der Waals surface area contributed by atoms with E-state index in [-0.39, 0.29) is 117 Å². The van der Waals surface area contributed by atoms with Gasteiger partial charge in [0.1, 0.15) is 0 Å². The summed E-state index contributed by atoms with van der Waals surface area (Å²) in [5.41, 5.74) is 0. The summed E-state index contributed by atoms with van der Waals surface area (Å²) in [5.74, 6) is 0. The molecule has 0 aromatic rings. The molecule has 12 heteroatoms. The maximum absolute atomic E-state index is 8.33. The van der Waals surface area contributed by atoms with Crippen LogP contribution < -0.4 is 30.6 Å². The summed E-state index contributed by atoms with van der Waals surface area (Å²) < 4.78 is 0. The molecular formula is C3BaMgO9Sr. The Labute approximate surface area is 177 Å². The van der Waals surface area contributed by atoms with E-state index >= 15 is 0 Å². The van der Waals surface area contributed by atoms with Gasteiger partial charge >= 0.3 is 117 Å². The summed E-state index contributed by atoms with van der Waals surface area (Å²) in [6, 6.07) is 0. The van der Waals surface area contributed by atoms with Crippen LogP contribution in [0.2, 0.25) is 0 Å². The van der Waals surface area contributed by atoms with Gasteiger partial charge in [-0.05, 0) is 18.5 Å². The molecule has 0 saturated carbocycles. The van der Waals surface area contributed by atoms with E-state index in [9.17, 15) is 0 Å². The molecule has 0 aliphatic heterocycles. The zero-order valence-corrected chi connectivity index (χ0v) is 16.6. The van der Waals surface area contributed by atoms with E-state index < -0.39 is 18.5 Å². The second-order valence-electron chi connectivity index (χ2n) is 0.750. The third-order valence-corrected chi connectivity index (χ3v) is 0. The first-order valence-electron chi connectivity index (χ1n) is 1.84. The van der Waals surface area contributed by atoms with Gasteiger partial charge in [-0.15, -0.1) is 0 Å². The molecule has 0 heterocycles. The topological polar surface area (TPSA) is 190 Å². The Kier molecular flexibility index (Phi) is 71.0. The fraction of sp³-hybridized carbons (Fsp3) is 0. The summed E-state index contributed by atoms with van der Waals surface area (Å²) >= 11 is 0. The van der Waals surface area contributed by atoms with Gasteiger partial charge in [-0.3, -0.25) is 0 Å². The van der Waals surface area contributed by atoms with Crippen molar-refractivity contribution in [3.8, 4) is 0 Å². The van der Waals surface area contributed by atoms with Crippen LogP contribution in [0.3, 0.4) is 0 Å². The van der Waals surface area contributed by atoms with Crippen LogP contribution in [0, 0.1) is 0 Å². The fourth-order valence-electron chi connectivity index (χ4n) is 0. The molecule has 0 fully saturated rings. The van der Waals surface area contributed by atoms with Gasteiger partial charge in [0.25, 0.3) is 0 Å². The molecule has 0 saturated heterocycles. The Morgan fingerprint density at radius 1 is 0.600 bits per heavy atom. The molecule has 0 aromatic carbocycles. The van der Waals surface area contributed by atoms with Gasteiger partial charge in [-0.2, -0.15) is 0 Å². The van der Waals surface area contributed by atoms with Crippen LogP contribution in [0.15, 0.2) is 0 Å². The van der Waals surface area contributed by atoms with Crippen LogP contribution in [0.25, 0.3) is 0 Å². The molecule has 0 unspecified atom stereocenters. The number of carboxylic acid groups (broad SMARTS) is 6. The first kappa shape index (κ1) is 36.0. The summed E-state index contributed by atoms with van der Waals surface area (Å²) in [7, 11) is 0. The SMILES string of the molecule is O=C([O-])[O-].O=C([O-])[O-].O=C([O-])[O-].[Ba+2].[Mg+2].[Sr+2]. The van der Waals surface area contributed by atoms with E-state index in [1.54, 1.807) is 0 Å². The van der Waals surface area contributed by atoms with Crippen LogP contribution in [0.5, 0.6) is 0 Å². The number of rotatable bonds is 0. The van der Waals surface area contributed by atoms with Gasteiger partial charge in [-0.25, -0.2) is 0 Å². The molecule has 15 heavy (non-hydrogen) atoms. The van der Waals surface area contributed by atoms with Gasteiger partial charge in [0, 0.05) is 0 Å². The zero-order chi connectivity index (χ0) is 10.7. The van der Waals surface area contributed by atoms with E-state index in [1.807, 2.05) is 0 Å². The predicted molar refractivity (Wildman–Crippen MR) is 33.4 cm³/mol. The monoisotopic (exact) mass is 430 g/mol. The average Bonchev–Trinajstić information content (AvgIpc) is 1.54. The van der Waals surface area contributed by atoms with Gasteiger partial charge < -0.3 is 45.0 Å². The van der Waals surface area contributed by atoms with E-state index in [1.165, 1.54) is 0 Å². The summed E-state index contributed by atoms with van der Waals surface area (Å²) in [4.78, 5) is 25.0. The Morgan fingerprint density at radius 2 is 0.600 bits per heavy atom. The minimum absolute atomic E-state index is 0. The van der Waals surface area contributed by atoms with Crippen molar-refractivity contribution in [2.75, 3.05) is 0 Å². The van der Waals surface area contributed by atoms with Crippen LogP contribution in [-0.2, 0) is 0 Å². The maximum atomic E-state index is 8.33. The normalized spacial score (nSPS) is 4.80. The number of hydrogen-bond acceptors (Lipinski definition) is 9. The summed E-state index contributed by atoms with van der Waals surface area (Å²) in [5, 5.41) is 50.0. The average molecular weight is 429 g/mol. The third kappa shape index (κ3) is 1090. The van der Waals surface area contributed by atoms with E-state index in [4.69, 9.17) is 45.0 Å². The van der Waals surface area contributed by atoms with Crippen molar-refractivity contribution in [3.05, 3.63) is 0 Å². The van der Waals surface area contributed by atoms with E-state index in [0.29, 0.717) is 0 Å². The standard InChI is InChI=1S/3CH2O3.Ba.Mg.Sr/c3*2-1(3)4;;;/h3*(H2,2,3,4);;;/q;;;3*+2/p-6. The molecule has 9 nitrogen and oxygen atoms in total. The number of carbonyl (C=O) groups excluding carboxylic acids is 3. The molecule has 0 spiro atoms. The third-order valence-electron chi connectivity index (χ3n) is 0. The Balaban J connectivity index is -0.0000000184. The predicted octanol–water partition coefficient (Wildman–Crippen LogP) is -8.48. The second kappa shape index (κ2) is 29.6. The quantitative estimate of drug-likeness (QED) is 0.337. The largest absolute Gasteiger partial charge is 2.00 e. The van der Waals surface area contributed by atoms with Gasteiger partial charge in [0.15, 0.2) is 0 Å². The molecule has 0 aliphatic rings. The first-order valence-corrected chi connectivity index (χ1v) is 1.84. The van der Waals surface area contributed by atoms with Crippen molar-refractivity contribution in [2.45, 2.75) is 0 Å². The minimum Gasteiger partial charge on any atom is -0.652 e. The van der Waals surface area contributed by atoms with Crippen LogP contribution >= 0.6 is 0 Å². The molecule has 72 valence electrons. The van der Waals surface area contributed by atoms with Crippen LogP contribution in [0.1, 0.15) is 0 Å². The van der Waals surface area contributed by atoms with Crippen molar-refractivity contribution in [1.29, 1.82) is 0 Å². The molecule has 0 atom stereocenters. The molecule has 0 aliphatic carbocycles. The van der Waals surface area contributed by atoms with Crippen molar-refractivity contribution < 1.29 is 45.0 Å². The fourth-order valence-corrected chi connectivity index (χ4v) is 0. The van der Waals surface area contributed by atoms with Gasteiger partial charge in [0.05, 0.1) is 0 Å². The second-order valence-corrected chi connectivity index (χ2v) is 0.750. The Morgan fingerprint density at radius 3 is 0.600 bits per heavy atom. The van der Waals surface area contributed by atoms with Crippen molar-refractivity contribution >= 4 is 136 Å². The van der Waals surface area contributed by atoms with Gasteiger partial charge in [-0.1, -0.05) is 0 Å². The van der Waals surface area contributed by atoms with Crippen molar-refractivity contribution in [2.24, 2.45) is 0 Å². The molecular weight excluding hydrogens is 429 g/mol. The Bertz CT molecular complexity index is 123. The maximum Gasteiger partial charge on any atom is 2.00 e. The van der Waals surface area contributed by atoms with Crippen molar-refractivity contribution in [1.82, 2.24) is 0 Å². The van der Waals surface area contributed by atoms with Gasteiger partial charge in [0.2, 0.25) is 0 Å². The summed E-state index contributed by atoms with van der Waals surface area (Å²) in [6.45, 7) is 0. The molecule has 0 bridgehead atoms. The molecule has 0 radical (unpaired) electrons.